The van der Waals surface area contributed by atoms with Crippen molar-refractivity contribution in [3.63, 3.8) is 0 Å². The van der Waals surface area contributed by atoms with E-state index < -0.39 is 18.0 Å². The molecule has 1 atom stereocenters. The van der Waals surface area contributed by atoms with Crippen LogP contribution >= 0.6 is 0 Å². The van der Waals surface area contributed by atoms with Gasteiger partial charge in [0.15, 0.2) is 0 Å². The van der Waals surface area contributed by atoms with Gasteiger partial charge in [-0.1, -0.05) is 0 Å². The number of carboxylic acids is 1. The largest absolute Gasteiger partial charge is 0.480 e. The van der Waals surface area contributed by atoms with Gasteiger partial charge in [0.2, 0.25) is 5.91 Å². The summed E-state index contributed by atoms with van der Waals surface area (Å²) < 4.78 is 0. The molecule has 2 heterocycles. The van der Waals surface area contributed by atoms with Crippen LogP contribution in [-0.4, -0.2) is 52.0 Å². The molecule has 8 nitrogen and oxygen atoms in total. The monoisotopic (exact) mass is 292 g/mol. The van der Waals surface area contributed by atoms with Gasteiger partial charge < -0.3 is 15.7 Å². The highest BCUT2D eigenvalue weighted by molar-refractivity contribution is 5.90. The summed E-state index contributed by atoms with van der Waals surface area (Å²) in [4.78, 5) is 39.5. The predicted molar refractivity (Wildman–Crippen MR) is 72.3 cm³/mol. The Morgan fingerprint density at radius 3 is 3.00 bits per heavy atom. The lowest BCUT2D eigenvalue weighted by molar-refractivity contribution is -0.144. The quantitative estimate of drug-likeness (QED) is 0.694. The molecule has 1 aromatic rings. The topological polar surface area (TPSA) is 112 Å². The Hall–Kier alpha value is -2.64. The number of amides is 3. The van der Waals surface area contributed by atoms with E-state index in [0.29, 0.717) is 0 Å². The Morgan fingerprint density at radius 2 is 2.33 bits per heavy atom. The molecule has 2 rings (SSSR count). The Kier molecular flexibility index (Phi) is 4.36. The molecular formula is C13H16N4O4. The van der Waals surface area contributed by atoms with E-state index in [-0.39, 0.29) is 25.5 Å². The van der Waals surface area contributed by atoms with Gasteiger partial charge in [-0.25, -0.2) is 9.59 Å². The number of rotatable bonds is 3. The molecule has 112 valence electrons. The number of hydrogen-bond acceptors (Lipinski definition) is 4. The SMILES string of the molecule is Cc1ccncc1CNC(=O)N1CC(=O)NCC1C(=O)O. The number of hydrogen-bond donors (Lipinski definition) is 3. The molecule has 0 spiro atoms. The molecule has 3 N–H and O–H groups in total. The lowest BCUT2D eigenvalue weighted by Crippen LogP contribution is -2.61. The zero-order valence-corrected chi connectivity index (χ0v) is 11.5. The minimum absolute atomic E-state index is 0.0898. The molecule has 1 fully saturated rings. The minimum atomic E-state index is -1.15. The van der Waals surface area contributed by atoms with Gasteiger partial charge in [-0.2, -0.15) is 0 Å². The summed E-state index contributed by atoms with van der Waals surface area (Å²) in [5.41, 5.74) is 1.80. The van der Waals surface area contributed by atoms with Crippen molar-refractivity contribution in [1.82, 2.24) is 20.5 Å². The number of aryl methyl sites for hydroxylation is 1. The average molecular weight is 292 g/mol. The number of nitrogens with one attached hydrogen (secondary N) is 2. The van der Waals surface area contributed by atoms with Gasteiger partial charge in [0.1, 0.15) is 12.6 Å². The third-order valence-electron chi connectivity index (χ3n) is 3.31. The number of piperazine rings is 1. The van der Waals surface area contributed by atoms with Gasteiger partial charge in [0, 0.05) is 25.5 Å². The molecule has 1 aliphatic heterocycles. The summed E-state index contributed by atoms with van der Waals surface area (Å²) in [6.45, 7) is 1.75. The van der Waals surface area contributed by atoms with Crippen molar-refractivity contribution in [3.05, 3.63) is 29.6 Å². The molecule has 0 aromatic carbocycles. The van der Waals surface area contributed by atoms with Crippen LogP contribution in [0.2, 0.25) is 0 Å². The number of nitrogens with zero attached hydrogens (tertiary/aromatic N) is 2. The first kappa shape index (κ1) is 14.8. The van der Waals surface area contributed by atoms with Crippen LogP contribution < -0.4 is 10.6 Å². The van der Waals surface area contributed by atoms with E-state index in [4.69, 9.17) is 5.11 Å². The van der Waals surface area contributed by atoms with Crippen LogP contribution in [0.5, 0.6) is 0 Å². The Labute approximate surface area is 121 Å². The van der Waals surface area contributed by atoms with E-state index in [1.54, 1.807) is 12.4 Å². The summed E-state index contributed by atoms with van der Waals surface area (Å²) in [5, 5.41) is 14.1. The number of aliphatic carboxylic acids is 1. The van der Waals surface area contributed by atoms with Crippen molar-refractivity contribution in [2.75, 3.05) is 13.1 Å². The predicted octanol–water partition coefficient (Wildman–Crippen LogP) is -0.515. The van der Waals surface area contributed by atoms with E-state index in [2.05, 4.69) is 15.6 Å². The summed E-state index contributed by atoms with van der Waals surface area (Å²) in [7, 11) is 0. The van der Waals surface area contributed by atoms with Crippen LogP contribution in [0.25, 0.3) is 0 Å². The van der Waals surface area contributed by atoms with E-state index >= 15 is 0 Å². The third kappa shape index (κ3) is 3.47. The van der Waals surface area contributed by atoms with Crippen LogP contribution in [0.15, 0.2) is 18.5 Å². The average Bonchev–Trinajstić information content (AvgIpc) is 2.45. The normalized spacial score (nSPS) is 18.0. The lowest BCUT2D eigenvalue weighted by Gasteiger charge is -2.32. The highest BCUT2D eigenvalue weighted by Crippen LogP contribution is 2.07. The van der Waals surface area contributed by atoms with E-state index in [0.717, 1.165) is 16.0 Å². The van der Waals surface area contributed by atoms with Crippen molar-refractivity contribution in [2.24, 2.45) is 0 Å². The van der Waals surface area contributed by atoms with Gasteiger partial charge in [0.05, 0.1) is 0 Å². The maximum absolute atomic E-state index is 12.1. The number of aromatic nitrogens is 1. The molecule has 0 aliphatic carbocycles. The molecule has 0 radical (unpaired) electrons. The van der Waals surface area contributed by atoms with Gasteiger partial charge in [0.25, 0.3) is 0 Å². The fourth-order valence-corrected chi connectivity index (χ4v) is 2.03. The Bertz CT molecular complexity index is 575. The van der Waals surface area contributed by atoms with E-state index in [9.17, 15) is 14.4 Å². The first-order valence-electron chi connectivity index (χ1n) is 6.42. The zero-order valence-electron chi connectivity index (χ0n) is 11.5. The number of carboxylic acid groups (broad SMARTS) is 1. The summed E-state index contributed by atoms with van der Waals surface area (Å²) in [6.07, 6.45) is 3.28. The number of carbonyl (C=O) groups excluding carboxylic acids is 2. The third-order valence-corrected chi connectivity index (χ3v) is 3.31. The molecule has 1 saturated heterocycles. The molecule has 21 heavy (non-hydrogen) atoms. The zero-order chi connectivity index (χ0) is 15.4. The smallest absolute Gasteiger partial charge is 0.328 e. The van der Waals surface area contributed by atoms with Crippen molar-refractivity contribution in [3.8, 4) is 0 Å². The molecule has 0 bridgehead atoms. The second-order valence-corrected chi connectivity index (χ2v) is 4.75. The summed E-state index contributed by atoms with van der Waals surface area (Å²) in [6, 6.07) is 0.175. The van der Waals surface area contributed by atoms with Crippen LogP contribution in [0, 0.1) is 6.92 Å². The van der Waals surface area contributed by atoms with Gasteiger partial charge in [-0.15, -0.1) is 0 Å². The maximum atomic E-state index is 12.1. The molecule has 3 amide bonds. The van der Waals surface area contributed by atoms with Gasteiger partial charge in [-0.3, -0.25) is 14.7 Å². The van der Waals surface area contributed by atoms with Crippen molar-refractivity contribution >= 4 is 17.9 Å². The van der Waals surface area contributed by atoms with Crippen molar-refractivity contribution in [1.29, 1.82) is 0 Å². The van der Waals surface area contributed by atoms with Crippen molar-refractivity contribution in [2.45, 2.75) is 19.5 Å². The Balaban J connectivity index is 2.02. The second-order valence-electron chi connectivity index (χ2n) is 4.75. The lowest BCUT2D eigenvalue weighted by atomic mass is 10.1. The minimum Gasteiger partial charge on any atom is -0.480 e. The molecule has 8 heteroatoms. The molecule has 1 aliphatic rings. The Morgan fingerprint density at radius 1 is 1.57 bits per heavy atom. The maximum Gasteiger partial charge on any atom is 0.328 e. The molecule has 0 saturated carbocycles. The van der Waals surface area contributed by atoms with E-state index in [1.807, 2.05) is 13.0 Å². The van der Waals surface area contributed by atoms with Gasteiger partial charge in [-0.05, 0) is 24.1 Å². The fourth-order valence-electron chi connectivity index (χ4n) is 2.03. The van der Waals surface area contributed by atoms with Crippen LogP contribution in [0.1, 0.15) is 11.1 Å². The molecule has 1 aromatic heterocycles. The number of pyridine rings is 1. The van der Waals surface area contributed by atoms with Crippen LogP contribution in [0.4, 0.5) is 4.79 Å². The first-order chi connectivity index (χ1) is 9.99. The fraction of sp³-hybridized carbons (Fsp3) is 0.385. The molecule has 1 unspecified atom stereocenters. The standard InChI is InChI=1S/C13H16N4O4/c1-8-2-3-14-4-9(8)5-16-13(21)17-7-11(18)15-6-10(17)12(19)20/h2-4,10H,5-7H2,1H3,(H,15,18)(H,16,21)(H,19,20). The summed E-state index contributed by atoms with van der Waals surface area (Å²) in [5.74, 6) is -1.53. The van der Waals surface area contributed by atoms with Crippen LogP contribution in [0.3, 0.4) is 0 Å². The highest BCUT2D eigenvalue weighted by atomic mass is 16.4. The molecular weight excluding hydrogens is 276 g/mol. The number of carbonyl (C=O) groups is 3. The van der Waals surface area contributed by atoms with E-state index in [1.165, 1.54) is 0 Å². The van der Waals surface area contributed by atoms with Gasteiger partial charge >= 0.3 is 12.0 Å². The first-order valence-corrected chi connectivity index (χ1v) is 6.42. The summed E-state index contributed by atoms with van der Waals surface area (Å²) >= 11 is 0. The number of urea groups is 1. The van der Waals surface area contributed by atoms with Crippen molar-refractivity contribution < 1.29 is 19.5 Å². The highest BCUT2D eigenvalue weighted by Gasteiger charge is 2.35. The second kappa shape index (κ2) is 6.21. The van der Waals surface area contributed by atoms with Crippen LogP contribution in [-0.2, 0) is 16.1 Å².